The Labute approximate surface area is 182 Å². The summed E-state index contributed by atoms with van der Waals surface area (Å²) in [7, 11) is 3.42. The molecule has 1 aromatic carbocycles. The first-order valence-electron chi connectivity index (χ1n) is 8.70. The Balaban J connectivity index is 0.00000364. The predicted octanol–water partition coefficient (Wildman–Crippen LogP) is 3.56. The molecular formula is C19H29IN4O2S. The van der Waals surface area contributed by atoms with Crippen LogP contribution >= 0.6 is 35.3 Å². The lowest BCUT2D eigenvalue weighted by Crippen LogP contribution is -2.42. The molecule has 8 heteroatoms. The SMILES string of the molecule is CN=C(NCCc1nc(C)c(C)s1)NCC(C)Oc1ccc(OC)cc1.I. The van der Waals surface area contributed by atoms with Gasteiger partial charge in [0.15, 0.2) is 5.96 Å². The van der Waals surface area contributed by atoms with Crippen LogP contribution in [0.5, 0.6) is 11.5 Å². The maximum Gasteiger partial charge on any atom is 0.191 e. The number of methoxy groups -OCH3 is 1. The van der Waals surface area contributed by atoms with Gasteiger partial charge in [-0.05, 0) is 45.0 Å². The van der Waals surface area contributed by atoms with Crippen molar-refractivity contribution in [1.29, 1.82) is 0 Å². The van der Waals surface area contributed by atoms with Crippen LogP contribution in [0.2, 0.25) is 0 Å². The zero-order chi connectivity index (χ0) is 18.9. The minimum Gasteiger partial charge on any atom is -0.497 e. The van der Waals surface area contributed by atoms with Crippen molar-refractivity contribution in [1.82, 2.24) is 15.6 Å². The topological polar surface area (TPSA) is 67.8 Å². The first-order chi connectivity index (χ1) is 12.5. The van der Waals surface area contributed by atoms with Crippen LogP contribution < -0.4 is 20.1 Å². The van der Waals surface area contributed by atoms with E-state index in [4.69, 9.17) is 9.47 Å². The molecular weight excluding hydrogens is 475 g/mol. The van der Waals surface area contributed by atoms with Crippen LogP contribution in [0.1, 0.15) is 22.5 Å². The van der Waals surface area contributed by atoms with Gasteiger partial charge in [0.2, 0.25) is 0 Å². The van der Waals surface area contributed by atoms with Crippen molar-refractivity contribution in [2.75, 3.05) is 27.2 Å². The highest BCUT2D eigenvalue weighted by Crippen LogP contribution is 2.18. The first-order valence-corrected chi connectivity index (χ1v) is 9.51. The number of aromatic nitrogens is 1. The minimum absolute atomic E-state index is 0. The third-order valence-electron chi connectivity index (χ3n) is 3.88. The lowest BCUT2D eigenvalue weighted by molar-refractivity contribution is 0.223. The molecule has 0 radical (unpaired) electrons. The number of guanidine groups is 1. The van der Waals surface area contributed by atoms with Crippen molar-refractivity contribution in [2.24, 2.45) is 4.99 Å². The Morgan fingerprint density at radius 2 is 1.85 bits per heavy atom. The van der Waals surface area contributed by atoms with E-state index in [2.05, 4.69) is 27.5 Å². The highest BCUT2D eigenvalue weighted by molar-refractivity contribution is 14.0. The van der Waals surface area contributed by atoms with Gasteiger partial charge in [-0.25, -0.2) is 4.98 Å². The van der Waals surface area contributed by atoms with E-state index in [0.29, 0.717) is 6.54 Å². The molecule has 0 aliphatic carbocycles. The summed E-state index contributed by atoms with van der Waals surface area (Å²) in [6, 6.07) is 7.58. The van der Waals surface area contributed by atoms with E-state index in [1.54, 1.807) is 25.5 Å². The third-order valence-corrected chi connectivity index (χ3v) is 5.01. The van der Waals surface area contributed by atoms with Crippen molar-refractivity contribution in [3.05, 3.63) is 39.8 Å². The molecule has 6 nitrogen and oxygen atoms in total. The van der Waals surface area contributed by atoms with Gasteiger partial charge >= 0.3 is 0 Å². The Morgan fingerprint density at radius 1 is 1.19 bits per heavy atom. The summed E-state index contributed by atoms with van der Waals surface area (Å²) < 4.78 is 11.0. The lowest BCUT2D eigenvalue weighted by atomic mass is 10.3. The van der Waals surface area contributed by atoms with E-state index in [1.165, 1.54) is 4.88 Å². The summed E-state index contributed by atoms with van der Waals surface area (Å²) in [5, 5.41) is 7.75. The molecule has 2 N–H and O–H groups in total. The number of ether oxygens (including phenoxy) is 2. The average Bonchev–Trinajstić information content (AvgIpc) is 2.96. The summed E-state index contributed by atoms with van der Waals surface area (Å²) in [5.74, 6) is 2.40. The van der Waals surface area contributed by atoms with E-state index in [1.807, 2.05) is 38.1 Å². The van der Waals surface area contributed by atoms with E-state index < -0.39 is 0 Å². The third kappa shape index (κ3) is 7.92. The van der Waals surface area contributed by atoms with Gasteiger partial charge in [-0.1, -0.05) is 0 Å². The van der Waals surface area contributed by atoms with Gasteiger partial charge in [0, 0.05) is 24.9 Å². The summed E-state index contributed by atoms with van der Waals surface area (Å²) in [6.45, 7) is 7.62. The molecule has 0 spiro atoms. The van der Waals surface area contributed by atoms with E-state index >= 15 is 0 Å². The number of benzene rings is 1. The van der Waals surface area contributed by atoms with Gasteiger partial charge in [0.05, 0.1) is 24.4 Å². The van der Waals surface area contributed by atoms with Gasteiger partial charge in [0.25, 0.3) is 0 Å². The number of hydrogen-bond donors (Lipinski definition) is 2. The predicted molar refractivity (Wildman–Crippen MR) is 123 cm³/mol. The maximum atomic E-state index is 5.89. The Bertz CT molecular complexity index is 699. The van der Waals surface area contributed by atoms with Gasteiger partial charge < -0.3 is 20.1 Å². The normalized spacial score (nSPS) is 12.1. The van der Waals surface area contributed by atoms with Crippen LogP contribution in [0.3, 0.4) is 0 Å². The number of aliphatic imine (C=N–C) groups is 1. The van der Waals surface area contributed by atoms with Gasteiger partial charge in [-0.3, -0.25) is 4.99 Å². The fraction of sp³-hybridized carbons (Fsp3) is 0.474. The molecule has 27 heavy (non-hydrogen) atoms. The molecule has 0 saturated heterocycles. The fourth-order valence-electron chi connectivity index (χ4n) is 2.32. The molecule has 150 valence electrons. The number of aryl methyl sites for hydroxylation is 2. The van der Waals surface area contributed by atoms with Gasteiger partial charge in [0.1, 0.15) is 17.6 Å². The second kappa shape index (κ2) is 12.0. The summed E-state index contributed by atoms with van der Waals surface area (Å²) >= 11 is 1.76. The smallest absolute Gasteiger partial charge is 0.191 e. The second-order valence-electron chi connectivity index (χ2n) is 5.98. The Morgan fingerprint density at radius 3 is 2.41 bits per heavy atom. The molecule has 1 aromatic heterocycles. The molecule has 1 unspecified atom stereocenters. The monoisotopic (exact) mass is 504 g/mol. The van der Waals surface area contributed by atoms with Crippen LogP contribution in [-0.4, -0.2) is 44.3 Å². The van der Waals surface area contributed by atoms with Crippen LogP contribution in [0.15, 0.2) is 29.3 Å². The van der Waals surface area contributed by atoms with Crippen LogP contribution in [-0.2, 0) is 6.42 Å². The number of halogens is 1. The number of nitrogens with zero attached hydrogens (tertiary/aromatic N) is 2. The molecule has 0 aliphatic rings. The van der Waals surface area contributed by atoms with Crippen molar-refractivity contribution < 1.29 is 9.47 Å². The number of thiazole rings is 1. The molecule has 2 rings (SSSR count). The Hall–Kier alpha value is -1.55. The number of hydrogen-bond acceptors (Lipinski definition) is 5. The highest BCUT2D eigenvalue weighted by Gasteiger charge is 2.07. The van der Waals surface area contributed by atoms with Crippen LogP contribution in [0.4, 0.5) is 0 Å². The quantitative estimate of drug-likeness (QED) is 0.327. The zero-order valence-corrected chi connectivity index (χ0v) is 19.7. The van der Waals surface area contributed by atoms with Crippen LogP contribution in [0.25, 0.3) is 0 Å². The summed E-state index contributed by atoms with van der Waals surface area (Å²) in [4.78, 5) is 10.1. The Kier molecular flexibility index (Phi) is 10.5. The van der Waals surface area contributed by atoms with Crippen molar-refractivity contribution in [3.63, 3.8) is 0 Å². The first kappa shape index (κ1) is 23.5. The van der Waals surface area contributed by atoms with Gasteiger partial charge in [-0.2, -0.15) is 0 Å². The van der Waals surface area contributed by atoms with Crippen molar-refractivity contribution in [2.45, 2.75) is 33.3 Å². The van der Waals surface area contributed by atoms with Gasteiger partial charge in [-0.15, -0.1) is 35.3 Å². The molecule has 1 atom stereocenters. The average molecular weight is 504 g/mol. The van der Waals surface area contributed by atoms with E-state index in [9.17, 15) is 0 Å². The zero-order valence-electron chi connectivity index (χ0n) is 16.5. The molecule has 0 amide bonds. The van der Waals surface area contributed by atoms with E-state index in [0.717, 1.165) is 41.1 Å². The molecule has 0 bridgehead atoms. The van der Waals surface area contributed by atoms with E-state index in [-0.39, 0.29) is 30.1 Å². The fourth-order valence-corrected chi connectivity index (χ4v) is 3.26. The minimum atomic E-state index is 0. The standard InChI is InChI=1S/C19H28N4O2S.HI/c1-13(25-17-8-6-16(24-5)7-9-17)12-22-19(20-4)21-11-10-18-23-14(2)15(3)26-18;/h6-9,13H,10-12H2,1-5H3,(H2,20,21,22);1H. The highest BCUT2D eigenvalue weighted by atomic mass is 127. The molecule has 1 heterocycles. The summed E-state index contributed by atoms with van der Waals surface area (Å²) in [6.07, 6.45) is 0.893. The molecule has 0 saturated carbocycles. The molecule has 0 aliphatic heterocycles. The lowest BCUT2D eigenvalue weighted by Gasteiger charge is -2.17. The second-order valence-corrected chi connectivity index (χ2v) is 7.27. The molecule has 0 fully saturated rings. The number of nitrogens with one attached hydrogen (secondary N) is 2. The van der Waals surface area contributed by atoms with Crippen LogP contribution in [0, 0.1) is 13.8 Å². The van der Waals surface area contributed by atoms with Crippen molar-refractivity contribution in [3.8, 4) is 11.5 Å². The maximum absolute atomic E-state index is 5.89. The number of rotatable bonds is 8. The van der Waals surface area contributed by atoms with Crippen molar-refractivity contribution >= 4 is 41.3 Å². The molecule has 2 aromatic rings. The summed E-state index contributed by atoms with van der Waals surface area (Å²) in [5.41, 5.74) is 1.12. The largest absolute Gasteiger partial charge is 0.497 e.